The number of benzene rings is 1. The summed E-state index contributed by atoms with van der Waals surface area (Å²) in [5, 5.41) is 6.27. The minimum Gasteiger partial charge on any atom is -0.322 e. The molecule has 0 aliphatic rings. The van der Waals surface area contributed by atoms with E-state index in [0.717, 1.165) is 16.6 Å². The largest absolute Gasteiger partial charge is 0.322 e. The molecule has 0 spiro atoms. The highest BCUT2D eigenvalue weighted by Crippen LogP contribution is 2.24. The van der Waals surface area contributed by atoms with Crippen LogP contribution in [0.15, 0.2) is 42.6 Å². The number of nitrogens with zero attached hydrogens (tertiary/aromatic N) is 3. The van der Waals surface area contributed by atoms with Crippen molar-refractivity contribution in [1.29, 1.82) is 0 Å². The second kappa shape index (κ2) is 5.23. The molecule has 0 amide bonds. The van der Waals surface area contributed by atoms with Crippen molar-refractivity contribution in [3.05, 3.63) is 59.0 Å². The van der Waals surface area contributed by atoms with E-state index in [-0.39, 0.29) is 6.04 Å². The third-order valence-corrected chi connectivity index (χ3v) is 3.71. The Morgan fingerprint density at radius 1 is 1.25 bits per heavy atom. The second-order valence-corrected chi connectivity index (χ2v) is 5.18. The molecule has 102 valence electrons. The van der Waals surface area contributed by atoms with Gasteiger partial charge in [-0.25, -0.2) is 0 Å². The van der Waals surface area contributed by atoms with E-state index < -0.39 is 0 Å². The second-order valence-electron chi connectivity index (χ2n) is 4.77. The number of rotatable bonds is 3. The van der Waals surface area contributed by atoms with Crippen LogP contribution in [0.25, 0.3) is 10.9 Å². The molecule has 0 radical (unpaired) electrons. The summed E-state index contributed by atoms with van der Waals surface area (Å²) in [5.74, 6) is 0. The zero-order valence-corrected chi connectivity index (χ0v) is 11.9. The lowest BCUT2D eigenvalue weighted by atomic mass is 10.1. The molecule has 2 aromatic heterocycles. The van der Waals surface area contributed by atoms with Gasteiger partial charge in [0.2, 0.25) is 0 Å². The monoisotopic (exact) mass is 286 g/mol. The average Bonchev–Trinajstić information content (AvgIpc) is 2.76. The molecule has 3 aromatic rings. The SMILES string of the molecule is Cn1nc(CC(N)c2ncccc2Cl)c2ccccc21. The molecule has 5 heteroatoms. The van der Waals surface area contributed by atoms with Gasteiger partial charge in [-0.1, -0.05) is 29.8 Å². The van der Waals surface area contributed by atoms with Crippen LogP contribution in [0.3, 0.4) is 0 Å². The maximum absolute atomic E-state index is 6.23. The van der Waals surface area contributed by atoms with Crippen molar-refractivity contribution < 1.29 is 0 Å². The third kappa shape index (κ3) is 2.28. The van der Waals surface area contributed by atoms with E-state index in [0.29, 0.717) is 17.1 Å². The minimum absolute atomic E-state index is 0.262. The first kappa shape index (κ1) is 13.1. The quantitative estimate of drug-likeness (QED) is 0.805. The van der Waals surface area contributed by atoms with Crippen LogP contribution in [0.1, 0.15) is 17.4 Å². The standard InChI is InChI=1S/C15H15ClN4/c1-20-14-7-3-2-5-10(14)13(19-20)9-12(17)15-11(16)6-4-8-18-15/h2-8,12H,9,17H2,1H3. The summed E-state index contributed by atoms with van der Waals surface area (Å²) in [7, 11) is 1.94. The fourth-order valence-electron chi connectivity index (χ4n) is 2.42. The van der Waals surface area contributed by atoms with Gasteiger partial charge in [-0.2, -0.15) is 5.10 Å². The van der Waals surface area contributed by atoms with Crippen LogP contribution in [0.5, 0.6) is 0 Å². The van der Waals surface area contributed by atoms with Crippen LogP contribution in [0.2, 0.25) is 5.02 Å². The molecule has 1 unspecified atom stereocenters. The molecule has 0 aliphatic heterocycles. The number of hydrogen-bond donors (Lipinski definition) is 1. The summed E-state index contributed by atoms with van der Waals surface area (Å²) in [6.07, 6.45) is 2.32. The van der Waals surface area contributed by atoms with E-state index in [4.69, 9.17) is 17.3 Å². The fourth-order valence-corrected chi connectivity index (χ4v) is 2.68. The van der Waals surface area contributed by atoms with E-state index in [1.165, 1.54) is 0 Å². The Bertz CT molecular complexity index is 750. The molecular weight excluding hydrogens is 272 g/mol. The van der Waals surface area contributed by atoms with Crippen molar-refractivity contribution in [2.24, 2.45) is 12.8 Å². The Morgan fingerprint density at radius 2 is 2.05 bits per heavy atom. The summed E-state index contributed by atoms with van der Waals surface area (Å²) in [5.41, 5.74) is 9.01. The highest BCUT2D eigenvalue weighted by atomic mass is 35.5. The molecule has 1 aromatic carbocycles. The van der Waals surface area contributed by atoms with Crippen LogP contribution in [-0.2, 0) is 13.5 Å². The summed E-state index contributed by atoms with van der Waals surface area (Å²) < 4.78 is 1.87. The van der Waals surface area contributed by atoms with Gasteiger partial charge in [-0.05, 0) is 18.2 Å². The molecule has 4 nitrogen and oxygen atoms in total. The van der Waals surface area contributed by atoms with Crippen molar-refractivity contribution in [2.45, 2.75) is 12.5 Å². The van der Waals surface area contributed by atoms with Gasteiger partial charge in [-0.3, -0.25) is 9.67 Å². The van der Waals surface area contributed by atoms with Crippen LogP contribution in [-0.4, -0.2) is 14.8 Å². The third-order valence-electron chi connectivity index (χ3n) is 3.39. The number of nitrogens with two attached hydrogens (primary N) is 1. The van der Waals surface area contributed by atoms with Crippen molar-refractivity contribution in [2.75, 3.05) is 0 Å². The molecule has 2 heterocycles. The van der Waals surface area contributed by atoms with E-state index in [2.05, 4.69) is 16.1 Å². The van der Waals surface area contributed by atoms with Gasteiger partial charge in [0, 0.05) is 25.1 Å². The van der Waals surface area contributed by atoms with Crippen LogP contribution >= 0.6 is 11.6 Å². The van der Waals surface area contributed by atoms with Gasteiger partial charge < -0.3 is 5.73 Å². The number of para-hydroxylation sites is 1. The lowest BCUT2D eigenvalue weighted by Crippen LogP contribution is -2.16. The topological polar surface area (TPSA) is 56.7 Å². The Morgan fingerprint density at radius 3 is 2.85 bits per heavy atom. The molecular formula is C15H15ClN4. The zero-order chi connectivity index (χ0) is 14.1. The Labute approximate surface area is 122 Å². The summed E-state index contributed by atoms with van der Waals surface area (Å²) in [4.78, 5) is 4.27. The van der Waals surface area contributed by atoms with E-state index >= 15 is 0 Å². The summed E-state index contributed by atoms with van der Waals surface area (Å²) in [6, 6.07) is 11.5. The molecule has 2 N–H and O–H groups in total. The lowest BCUT2D eigenvalue weighted by molar-refractivity contribution is 0.666. The average molecular weight is 287 g/mol. The zero-order valence-electron chi connectivity index (χ0n) is 11.1. The molecule has 0 aliphatic carbocycles. The predicted molar refractivity (Wildman–Crippen MR) is 80.6 cm³/mol. The van der Waals surface area contributed by atoms with Crippen LogP contribution in [0, 0.1) is 0 Å². The number of fused-ring (bicyclic) bond motifs is 1. The molecule has 3 rings (SSSR count). The highest BCUT2D eigenvalue weighted by molar-refractivity contribution is 6.31. The number of aryl methyl sites for hydroxylation is 1. The van der Waals surface area contributed by atoms with E-state index in [9.17, 15) is 0 Å². The number of aromatic nitrogens is 3. The highest BCUT2D eigenvalue weighted by Gasteiger charge is 2.16. The molecule has 1 atom stereocenters. The van der Waals surface area contributed by atoms with Crippen molar-refractivity contribution in [3.63, 3.8) is 0 Å². The summed E-state index contributed by atoms with van der Waals surface area (Å²) in [6.45, 7) is 0. The van der Waals surface area contributed by atoms with Crippen molar-refractivity contribution >= 4 is 22.5 Å². The fraction of sp³-hybridized carbons (Fsp3) is 0.200. The van der Waals surface area contributed by atoms with Crippen LogP contribution < -0.4 is 5.73 Å². The first-order valence-electron chi connectivity index (χ1n) is 6.43. The van der Waals surface area contributed by atoms with E-state index in [1.54, 1.807) is 18.3 Å². The molecule has 0 saturated heterocycles. The molecule has 20 heavy (non-hydrogen) atoms. The predicted octanol–water partition coefficient (Wildman–Crippen LogP) is 2.86. The van der Waals surface area contributed by atoms with Gasteiger partial charge in [0.15, 0.2) is 0 Å². The maximum Gasteiger partial charge on any atom is 0.0760 e. The molecule has 0 bridgehead atoms. The molecule has 0 saturated carbocycles. The van der Waals surface area contributed by atoms with E-state index in [1.807, 2.05) is 29.9 Å². The van der Waals surface area contributed by atoms with Gasteiger partial charge in [-0.15, -0.1) is 0 Å². The van der Waals surface area contributed by atoms with Gasteiger partial charge >= 0.3 is 0 Å². The summed E-state index contributed by atoms with van der Waals surface area (Å²) >= 11 is 6.14. The smallest absolute Gasteiger partial charge is 0.0760 e. The first-order chi connectivity index (χ1) is 9.66. The van der Waals surface area contributed by atoms with Gasteiger partial charge in [0.1, 0.15) is 0 Å². The Hall–Kier alpha value is -1.91. The van der Waals surface area contributed by atoms with Gasteiger partial charge in [0.05, 0.1) is 28.0 Å². The van der Waals surface area contributed by atoms with Crippen molar-refractivity contribution in [3.8, 4) is 0 Å². The minimum atomic E-state index is -0.262. The number of pyridine rings is 1. The normalized spacial score (nSPS) is 12.8. The number of hydrogen-bond acceptors (Lipinski definition) is 3. The van der Waals surface area contributed by atoms with Crippen LogP contribution in [0.4, 0.5) is 0 Å². The lowest BCUT2D eigenvalue weighted by Gasteiger charge is -2.11. The first-order valence-corrected chi connectivity index (χ1v) is 6.81. The Balaban J connectivity index is 1.96. The molecule has 0 fully saturated rings. The Kier molecular flexibility index (Phi) is 3.42. The number of halogens is 1. The maximum atomic E-state index is 6.23. The van der Waals surface area contributed by atoms with Crippen molar-refractivity contribution in [1.82, 2.24) is 14.8 Å². The van der Waals surface area contributed by atoms with Gasteiger partial charge in [0.25, 0.3) is 0 Å².